The summed E-state index contributed by atoms with van der Waals surface area (Å²) in [5.74, 6) is 0.351. The number of nitrogens with one attached hydrogen (secondary N) is 1. The number of phenols is 1. The molecule has 0 spiro atoms. The van der Waals surface area contributed by atoms with Crippen LogP contribution in [0.5, 0.6) is 5.75 Å². The molecule has 1 heterocycles. The summed E-state index contributed by atoms with van der Waals surface area (Å²) in [6, 6.07) is 18.5. The Balaban J connectivity index is 1.97. The smallest absolute Gasteiger partial charge is 0.121 e. The number of phenolic OH excluding ortho intramolecular Hbond substituents is 1. The highest BCUT2D eigenvalue weighted by Gasteiger charge is 2.24. The Morgan fingerprint density at radius 3 is 2.82 bits per heavy atom. The van der Waals surface area contributed by atoms with E-state index in [9.17, 15) is 5.11 Å². The number of rotatable bonds is 1. The molecule has 0 bridgehead atoms. The first-order chi connectivity index (χ1) is 10.7. The van der Waals surface area contributed by atoms with Crippen molar-refractivity contribution in [3.63, 3.8) is 0 Å². The molecule has 0 saturated heterocycles. The first-order valence-electron chi connectivity index (χ1n) is 7.46. The van der Waals surface area contributed by atoms with Gasteiger partial charge in [-0.05, 0) is 46.5 Å². The fraction of sp³-hybridized carbons (Fsp3) is 0.158. The second-order valence-electron chi connectivity index (χ2n) is 5.70. The summed E-state index contributed by atoms with van der Waals surface area (Å²) in [4.78, 5) is 0. The summed E-state index contributed by atoms with van der Waals surface area (Å²) in [5.41, 5.74) is 3.59. The minimum Gasteiger partial charge on any atom is -0.508 e. The number of hydrogen-bond acceptors (Lipinski definition) is 2. The maximum atomic E-state index is 10.5. The Hall–Kier alpha value is -1.84. The largest absolute Gasteiger partial charge is 0.508 e. The van der Waals surface area contributed by atoms with E-state index in [2.05, 4.69) is 57.6 Å². The van der Waals surface area contributed by atoms with Crippen LogP contribution in [0.3, 0.4) is 0 Å². The zero-order valence-corrected chi connectivity index (χ0v) is 13.6. The molecule has 3 aromatic carbocycles. The lowest BCUT2D eigenvalue weighted by molar-refractivity contribution is 0.456. The van der Waals surface area contributed by atoms with Crippen molar-refractivity contribution in [2.24, 2.45) is 0 Å². The molecule has 1 atom stereocenters. The van der Waals surface area contributed by atoms with Crippen molar-refractivity contribution >= 4 is 26.7 Å². The molecule has 1 unspecified atom stereocenters. The van der Waals surface area contributed by atoms with Gasteiger partial charge in [-0.2, -0.15) is 0 Å². The number of aromatic hydroxyl groups is 1. The van der Waals surface area contributed by atoms with E-state index in [1.54, 1.807) is 6.07 Å². The van der Waals surface area contributed by atoms with Gasteiger partial charge in [0, 0.05) is 16.6 Å². The van der Waals surface area contributed by atoms with Crippen molar-refractivity contribution < 1.29 is 5.11 Å². The number of hydrogen-bond donors (Lipinski definition) is 2. The van der Waals surface area contributed by atoms with Crippen LogP contribution in [0.2, 0.25) is 0 Å². The molecule has 4 rings (SSSR count). The monoisotopic (exact) mass is 353 g/mol. The first kappa shape index (κ1) is 13.8. The van der Waals surface area contributed by atoms with Gasteiger partial charge in [-0.3, -0.25) is 0 Å². The van der Waals surface area contributed by atoms with Gasteiger partial charge in [0.2, 0.25) is 0 Å². The van der Waals surface area contributed by atoms with Crippen molar-refractivity contribution in [3.8, 4) is 5.75 Å². The van der Waals surface area contributed by atoms with Crippen molar-refractivity contribution in [1.82, 2.24) is 5.32 Å². The van der Waals surface area contributed by atoms with Gasteiger partial charge in [-0.25, -0.2) is 0 Å². The molecule has 2 nitrogen and oxygen atoms in total. The molecule has 1 aliphatic heterocycles. The first-order valence-corrected chi connectivity index (χ1v) is 8.25. The zero-order chi connectivity index (χ0) is 15.1. The van der Waals surface area contributed by atoms with Gasteiger partial charge in [0.05, 0.1) is 6.04 Å². The van der Waals surface area contributed by atoms with Crippen molar-refractivity contribution in [2.75, 3.05) is 6.54 Å². The molecule has 110 valence electrons. The van der Waals surface area contributed by atoms with Gasteiger partial charge in [0.15, 0.2) is 0 Å². The number of benzene rings is 3. The topological polar surface area (TPSA) is 32.3 Å². The Morgan fingerprint density at radius 1 is 1.05 bits per heavy atom. The van der Waals surface area contributed by atoms with Crippen molar-refractivity contribution in [2.45, 2.75) is 12.5 Å². The third-order valence-electron chi connectivity index (χ3n) is 4.40. The van der Waals surface area contributed by atoms with E-state index in [0.29, 0.717) is 5.75 Å². The van der Waals surface area contributed by atoms with E-state index >= 15 is 0 Å². The third kappa shape index (κ3) is 2.21. The summed E-state index contributed by atoms with van der Waals surface area (Å²) in [6.07, 6.45) is 1.03. The van der Waals surface area contributed by atoms with Crippen LogP contribution in [-0.2, 0) is 6.42 Å². The Bertz CT molecular complexity index is 859. The molecule has 0 aliphatic carbocycles. The Kier molecular flexibility index (Phi) is 3.40. The van der Waals surface area contributed by atoms with Crippen LogP contribution in [0.25, 0.3) is 10.8 Å². The summed E-state index contributed by atoms with van der Waals surface area (Å²) < 4.78 is 1.05. The molecule has 2 N–H and O–H groups in total. The standard InChI is InChI=1S/C19H16BrNO/c20-14-6-7-15-13(11-14)5-8-17(22)18(15)19-16-4-2-1-3-12(16)9-10-21-19/h1-8,11,19,21-22H,9-10H2. The molecule has 0 fully saturated rings. The zero-order valence-electron chi connectivity index (χ0n) is 12.0. The maximum absolute atomic E-state index is 10.5. The van der Waals surface area contributed by atoms with Gasteiger partial charge < -0.3 is 10.4 Å². The molecular formula is C19H16BrNO. The predicted molar refractivity (Wildman–Crippen MR) is 93.3 cm³/mol. The average Bonchev–Trinajstić information content (AvgIpc) is 2.55. The molecule has 0 amide bonds. The van der Waals surface area contributed by atoms with Gasteiger partial charge >= 0.3 is 0 Å². The molecule has 0 radical (unpaired) electrons. The summed E-state index contributed by atoms with van der Waals surface area (Å²) in [7, 11) is 0. The summed E-state index contributed by atoms with van der Waals surface area (Å²) in [6.45, 7) is 0.925. The van der Waals surface area contributed by atoms with Crippen LogP contribution >= 0.6 is 15.9 Å². The van der Waals surface area contributed by atoms with Crippen LogP contribution < -0.4 is 5.32 Å². The molecule has 1 aliphatic rings. The lowest BCUT2D eigenvalue weighted by atomic mass is 9.87. The number of halogens is 1. The van der Waals surface area contributed by atoms with Crippen LogP contribution in [0, 0.1) is 0 Å². The minimum absolute atomic E-state index is 0.0369. The average molecular weight is 354 g/mol. The van der Waals surface area contributed by atoms with Crippen LogP contribution in [0.15, 0.2) is 59.1 Å². The second kappa shape index (κ2) is 5.41. The fourth-order valence-electron chi connectivity index (χ4n) is 3.38. The molecule has 3 aromatic rings. The quantitative estimate of drug-likeness (QED) is 0.672. The third-order valence-corrected chi connectivity index (χ3v) is 4.89. The molecule has 22 heavy (non-hydrogen) atoms. The van der Waals surface area contributed by atoms with Crippen molar-refractivity contribution in [3.05, 3.63) is 75.8 Å². The highest BCUT2D eigenvalue weighted by molar-refractivity contribution is 9.10. The van der Waals surface area contributed by atoms with Crippen molar-refractivity contribution in [1.29, 1.82) is 0 Å². The molecule has 3 heteroatoms. The molecule has 0 saturated carbocycles. The molecule has 0 aromatic heterocycles. The summed E-state index contributed by atoms with van der Waals surface area (Å²) >= 11 is 3.52. The highest BCUT2D eigenvalue weighted by atomic mass is 79.9. The van der Waals surface area contributed by atoms with Crippen LogP contribution in [-0.4, -0.2) is 11.7 Å². The van der Waals surface area contributed by atoms with E-state index in [-0.39, 0.29) is 6.04 Å². The van der Waals surface area contributed by atoms with E-state index in [0.717, 1.165) is 33.8 Å². The van der Waals surface area contributed by atoms with Crippen LogP contribution in [0.1, 0.15) is 22.7 Å². The maximum Gasteiger partial charge on any atom is 0.121 e. The van der Waals surface area contributed by atoms with E-state index in [4.69, 9.17) is 0 Å². The lowest BCUT2D eigenvalue weighted by Gasteiger charge is -2.28. The Labute approximate surface area is 137 Å². The fourth-order valence-corrected chi connectivity index (χ4v) is 3.76. The highest BCUT2D eigenvalue weighted by Crippen LogP contribution is 2.38. The summed E-state index contributed by atoms with van der Waals surface area (Å²) in [5, 5.41) is 16.3. The van der Waals surface area contributed by atoms with Gasteiger partial charge in [-0.15, -0.1) is 0 Å². The van der Waals surface area contributed by atoms with Crippen LogP contribution in [0.4, 0.5) is 0 Å². The SMILES string of the molecule is Oc1ccc2cc(Br)ccc2c1C1NCCc2ccccc21. The van der Waals surface area contributed by atoms with E-state index in [1.807, 2.05) is 12.1 Å². The second-order valence-corrected chi connectivity index (χ2v) is 6.62. The minimum atomic E-state index is 0.0369. The van der Waals surface area contributed by atoms with Gasteiger partial charge in [0.1, 0.15) is 5.75 Å². The Morgan fingerprint density at radius 2 is 1.91 bits per heavy atom. The normalized spacial score (nSPS) is 17.4. The van der Waals surface area contributed by atoms with E-state index < -0.39 is 0 Å². The lowest BCUT2D eigenvalue weighted by Crippen LogP contribution is -2.30. The number of fused-ring (bicyclic) bond motifs is 2. The predicted octanol–water partition coefficient (Wildman–Crippen LogP) is 4.54. The molecular weight excluding hydrogens is 338 g/mol. The van der Waals surface area contributed by atoms with Gasteiger partial charge in [-0.1, -0.05) is 52.3 Å². The van der Waals surface area contributed by atoms with E-state index in [1.165, 1.54) is 11.1 Å². The van der Waals surface area contributed by atoms with Gasteiger partial charge in [0.25, 0.3) is 0 Å².